The van der Waals surface area contributed by atoms with Crippen LogP contribution in [0.4, 0.5) is 0 Å². The zero-order valence-electron chi connectivity index (χ0n) is 15.1. The number of rotatable bonds is 1. The molecule has 130 valence electrons. The molecule has 0 heterocycles. The fourth-order valence-corrected chi connectivity index (χ4v) is 7.05. The van der Waals surface area contributed by atoms with Gasteiger partial charge < -0.3 is 0 Å². The van der Waals surface area contributed by atoms with Crippen molar-refractivity contribution in [1.82, 2.24) is 0 Å². The first-order valence-corrected chi connectivity index (χ1v) is 9.56. The van der Waals surface area contributed by atoms with Gasteiger partial charge in [-0.3, -0.25) is 14.4 Å². The van der Waals surface area contributed by atoms with Crippen molar-refractivity contribution >= 4 is 17.3 Å². The van der Waals surface area contributed by atoms with Crippen LogP contribution >= 0.6 is 0 Å². The molecular formula is C21H28O3. The molecule has 4 aliphatic carbocycles. The molecule has 3 nitrogen and oxygen atoms in total. The Hall–Kier alpha value is -1.25. The first-order chi connectivity index (χ1) is 11.3. The van der Waals surface area contributed by atoms with Gasteiger partial charge in [-0.2, -0.15) is 0 Å². The number of fused-ring (bicyclic) bond motifs is 5. The predicted molar refractivity (Wildman–Crippen MR) is 91.3 cm³/mol. The minimum absolute atomic E-state index is 0.0787. The van der Waals surface area contributed by atoms with Crippen molar-refractivity contribution in [2.75, 3.05) is 0 Å². The van der Waals surface area contributed by atoms with Gasteiger partial charge in [0.25, 0.3) is 0 Å². The van der Waals surface area contributed by atoms with Crippen LogP contribution in [0.15, 0.2) is 11.6 Å². The first kappa shape index (κ1) is 16.2. The van der Waals surface area contributed by atoms with Crippen LogP contribution in [0.2, 0.25) is 0 Å². The number of allylic oxidation sites excluding steroid dienone is 1. The van der Waals surface area contributed by atoms with Gasteiger partial charge in [0.2, 0.25) is 0 Å². The van der Waals surface area contributed by atoms with E-state index in [2.05, 4.69) is 13.8 Å². The highest BCUT2D eigenvalue weighted by molar-refractivity contribution is 6.05. The van der Waals surface area contributed by atoms with Crippen LogP contribution in [0.5, 0.6) is 0 Å². The topological polar surface area (TPSA) is 51.2 Å². The second-order valence-electron chi connectivity index (χ2n) is 9.23. The number of Topliss-reactive ketones (excluding diaryl/α,β-unsaturated/α-hetero) is 2. The van der Waals surface area contributed by atoms with Crippen molar-refractivity contribution < 1.29 is 14.4 Å². The summed E-state index contributed by atoms with van der Waals surface area (Å²) in [5, 5.41) is 0. The molecule has 4 aliphatic rings. The molecule has 6 atom stereocenters. The molecule has 0 aromatic rings. The van der Waals surface area contributed by atoms with Gasteiger partial charge in [0.05, 0.1) is 0 Å². The van der Waals surface area contributed by atoms with Crippen molar-refractivity contribution in [1.29, 1.82) is 0 Å². The van der Waals surface area contributed by atoms with E-state index in [1.165, 1.54) is 0 Å². The minimum atomic E-state index is -0.121. The molecule has 3 saturated carbocycles. The maximum absolute atomic E-state index is 12.9. The average Bonchev–Trinajstić information content (AvgIpc) is 2.87. The van der Waals surface area contributed by atoms with Crippen molar-refractivity contribution in [3.8, 4) is 0 Å². The van der Waals surface area contributed by atoms with Crippen molar-refractivity contribution in [3.05, 3.63) is 11.6 Å². The van der Waals surface area contributed by atoms with Crippen molar-refractivity contribution in [2.24, 2.45) is 34.5 Å². The van der Waals surface area contributed by atoms with Gasteiger partial charge in [0.1, 0.15) is 5.78 Å². The van der Waals surface area contributed by atoms with Crippen LogP contribution in [-0.4, -0.2) is 17.3 Å². The Morgan fingerprint density at radius 1 is 1.08 bits per heavy atom. The first-order valence-electron chi connectivity index (χ1n) is 9.56. The number of carbonyl (C=O) groups is 3. The Labute approximate surface area is 144 Å². The Kier molecular flexibility index (Phi) is 3.47. The summed E-state index contributed by atoms with van der Waals surface area (Å²) in [5.74, 6) is 2.21. The van der Waals surface area contributed by atoms with E-state index in [1.54, 1.807) is 13.0 Å². The van der Waals surface area contributed by atoms with Crippen LogP contribution in [0.3, 0.4) is 0 Å². The highest BCUT2D eigenvalue weighted by Gasteiger charge is 2.61. The van der Waals surface area contributed by atoms with Gasteiger partial charge in [-0.15, -0.1) is 0 Å². The molecular weight excluding hydrogens is 300 g/mol. The molecule has 24 heavy (non-hydrogen) atoms. The van der Waals surface area contributed by atoms with Crippen LogP contribution in [-0.2, 0) is 14.4 Å². The van der Waals surface area contributed by atoms with Gasteiger partial charge in [-0.05, 0) is 73.7 Å². The molecule has 0 aromatic heterocycles. The maximum atomic E-state index is 12.9. The SMILES string of the molecule is CC(=O)[C@@H]1CC[C@@H]2[C@H]3CC(=O)C4=CC(=O)CC[C@]4(C)[C@@H]3CC[C@@]21C. The van der Waals surface area contributed by atoms with E-state index in [0.717, 1.165) is 37.7 Å². The molecule has 0 N–H and O–H groups in total. The summed E-state index contributed by atoms with van der Waals surface area (Å²) >= 11 is 0. The Bertz CT molecular complexity index is 660. The monoisotopic (exact) mass is 328 g/mol. The summed E-state index contributed by atoms with van der Waals surface area (Å²) in [4.78, 5) is 36.9. The number of hydrogen-bond acceptors (Lipinski definition) is 3. The number of hydrogen-bond donors (Lipinski definition) is 0. The molecule has 0 aliphatic heterocycles. The molecule has 0 spiro atoms. The summed E-state index contributed by atoms with van der Waals surface area (Å²) in [7, 11) is 0. The summed E-state index contributed by atoms with van der Waals surface area (Å²) in [6, 6.07) is 0. The normalized spacial score (nSPS) is 47.5. The van der Waals surface area contributed by atoms with Crippen molar-refractivity contribution in [2.45, 2.75) is 65.7 Å². The fourth-order valence-electron chi connectivity index (χ4n) is 7.05. The Balaban J connectivity index is 1.72. The van der Waals surface area contributed by atoms with E-state index in [9.17, 15) is 14.4 Å². The molecule has 3 heteroatoms. The van der Waals surface area contributed by atoms with Crippen molar-refractivity contribution in [3.63, 3.8) is 0 Å². The third kappa shape index (κ3) is 1.99. The quantitative estimate of drug-likeness (QED) is 0.733. The largest absolute Gasteiger partial charge is 0.300 e. The van der Waals surface area contributed by atoms with E-state index in [4.69, 9.17) is 0 Å². The maximum Gasteiger partial charge on any atom is 0.159 e. The smallest absolute Gasteiger partial charge is 0.159 e. The van der Waals surface area contributed by atoms with Crippen LogP contribution in [0, 0.1) is 34.5 Å². The third-order valence-corrected chi connectivity index (χ3v) is 8.28. The molecule has 0 aromatic carbocycles. The Morgan fingerprint density at radius 2 is 1.83 bits per heavy atom. The molecule has 0 amide bonds. The molecule has 0 saturated heterocycles. The lowest BCUT2D eigenvalue weighted by atomic mass is 9.46. The van der Waals surface area contributed by atoms with Gasteiger partial charge >= 0.3 is 0 Å². The van der Waals surface area contributed by atoms with E-state index in [-0.39, 0.29) is 28.3 Å². The summed E-state index contributed by atoms with van der Waals surface area (Å²) in [6.07, 6.45) is 7.91. The predicted octanol–water partition coefficient (Wildman–Crippen LogP) is 3.90. The second kappa shape index (κ2) is 5.12. The molecule has 3 fully saturated rings. The van der Waals surface area contributed by atoms with E-state index >= 15 is 0 Å². The van der Waals surface area contributed by atoms with E-state index in [0.29, 0.717) is 36.4 Å². The molecule has 4 rings (SSSR count). The van der Waals surface area contributed by atoms with Gasteiger partial charge in [0.15, 0.2) is 11.6 Å². The van der Waals surface area contributed by atoms with Gasteiger partial charge in [-0.25, -0.2) is 0 Å². The highest BCUT2D eigenvalue weighted by Crippen LogP contribution is 2.66. The fraction of sp³-hybridized carbons (Fsp3) is 0.762. The lowest BCUT2D eigenvalue weighted by molar-refractivity contribution is -0.134. The standard InChI is InChI=1S/C21H28O3/c1-12(22)15-4-5-16-14-11-19(24)18-10-13(23)6-8-21(18,3)17(14)7-9-20(15,16)2/h10,14-17H,4-9,11H2,1-3H3/t14-,15+,16-,17-,20-,21-/m1/s1. The lowest BCUT2D eigenvalue weighted by Gasteiger charge is -2.57. The molecule has 0 bridgehead atoms. The Morgan fingerprint density at radius 3 is 2.54 bits per heavy atom. The third-order valence-electron chi connectivity index (χ3n) is 8.28. The average molecular weight is 328 g/mol. The van der Waals surface area contributed by atoms with Crippen LogP contribution < -0.4 is 0 Å². The summed E-state index contributed by atoms with van der Waals surface area (Å²) in [6.45, 7) is 6.26. The number of ketones is 3. The zero-order chi connectivity index (χ0) is 17.3. The molecule has 0 unspecified atom stereocenters. The zero-order valence-corrected chi connectivity index (χ0v) is 15.1. The van der Waals surface area contributed by atoms with E-state index < -0.39 is 0 Å². The highest BCUT2D eigenvalue weighted by atomic mass is 16.1. The van der Waals surface area contributed by atoms with Crippen LogP contribution in [0.25, 0.3) is 0 Å². The van der Waals surface area contributed by atoms with Crippen LogP contribution in [0.1, 0.15) is 65.7 Å². The number of carbonyl (C=O) groups excluding carboxylic acids is 3. The second-order valence-corrected chi connectivity index (χ2v) is 9.23. The van der Waals surface area contributed by atoms with Gasteiger partial charge in [-0.1, -0.05) is 13.8 Å². The van der Waals surface area contributed by atoms with Gasteiger partial charge in [0, 0.05) is 24.3 Å². The summed E-state index contributed by atoms with van der Waals surface area (Å²) < 4.78 is 0. The lowest BCUT2D eigenvalue weighted by Crippen LogP contribution is -2.53. The minimum Gasteiger partial charge on any atom is -0.300 e. The summed E-state index contributed by atoms with van der Waals surface area (Å²) in [5.41, 5.74) is 0.767. The molecule has 0 radical (unpaired) electrons. The van der Waals surface area contributed by atoms with E-state index in [1.807, 2.05) is 0 Å².